The number of thiophene rings is 1. The molecule has 2 N–H and O–H groups in total. The number of H-pyrrole nitrogens is 1. The number of aromatic nitrogens is 7. The highest BCUT2D eigenvalue weighted by Crippen LogP contribution is 2.35. The van der Waals surface area contributed by atoms with E-state index in [4.69, 9.17) is 16.7 Å². The summed E-state index contributed by atoms with van der Waals surface area (Å²) in [6, 6.07) is 10.8. The van der Waals surface area contributed by atoms with Crippen molar-refractivity contribution in [2.75, 3.05) is 0 Å². The highest BCUT2D eigenvalue weighted by atomic mass is 35.5. The Hall–Kier alpha value is -4.09. The van der Waals surface area contributed by atoms with Crippen molar-refractivity contribution in [1.82, 2.24) is 34.7 Å². The van der Waals surface area contributed by atoms with E-state index in [1.165, 1.54) is 17.7 Å². The topological polar surface area (TPSA) is 132 Å². The number of benzene rings is 1. The van der Waals surface area contributed by atoms with Gasteiger partial charge in [-0.25, -0.2) is 4.98 Å². The van der Waals surface area contributed by atoms with Gasteiger partial charge in [0.05, 0.1) is 30.0 Å². The number of nitrogens with one attached hydrogen (secondary N) is 1. The molecule has 0 fully saturated rings. The molecule has 5 heterocycles. The van der Waals surface area contributed by atoms with Crippen LogP contribution in [0.3, 0.4) is 0 Å². The Morgan fingerprint density at radius 2 is 2.11 bits per heavy atom. The first-order valence-electron chi connectivity index (χ1n) is 11.6. The molecule has 37 heavy (non-hydrogen) atoms. The highest BCUT2D eigenvalue weighted by molar-refractivity contribution is 7.10. The summed E-state index contributed by atoms with van der Waals surface area (Å²) in [6.45, 7) is 0. The number of hydrogen-bond donors (Lipinski definition) is 2. The molecule has 0 amide bonds. The number of aromatic amines is 1. The molecular formula is C25H20ClN7O3S. The van der Waals surface area contributed by atoms with Crippen molar-refractivity contribution in [3.05, 3.63) is 86.1 Å². The zero-order chi connectivity index (χ0) is 25.5. The third-order valence-corrected chi connectivity index (χ3v) is 7.69. The lowest BCUT2D eigenvalue weighted by molar-refractivity contribution is -0.136. The normalized spacial score (nSPS) is 14.7. The number of aryl methyl sites for hydroxylation is 2. The van der Waals surface area contributed by atoms with E-state index in [0.717, 1.165) is 57.3 Å². The molecule has 0 saturated carbocycles. The monoisotopic (exact) mass is 533 g/mol. The molecule has 1 aliphatic rings. The van der Waals surface area contributed by atoms with E-state index in [0.29, 0.717) is 11.4 Å². The number of rotatable bonds is 7. The van der Waals surface area contributed by atoms with Crippen LogP contribution in [0.25, 0.3) is 28.1 Å². The van der Waals surface area contributed by atoms with Gasteiger partial charge in [0.2, 0.25) is 0 Å². The maximum absolute atomic E-state index is 13.4. The first kappa shape index (κ1) is 23.3. The molecule has 4 aromatic heterocycles. The van der Waals surface area contributed by atoms with Crippen LogP contribution in [0, 0.1) is 0 Å². The molecule has 12 heteroatoms. The van der Waals surface area contributed by atoms with Crippen molar-refractivity contribution in [3.63, 3.8) is 0 Å². The second-order valence-corrected chi connectivity index (χ2v) is 10.2. The van der Waals surface area contributed by atoms with Crippen LogP contribution in [0.2, 0.25) is 5.02 Å². The number of aliphatic carboxylic acids is 1. The number of fused-ring (bicyclic) bond motifs is 1. The number of carboxylic acids is 1. The molecule has 0 spiro atoms. The van der Waals surface area contributed by atoms with Crippen LogP contribution in [0.15, 0.2) is 59.1 Å². The Morgan fingerprint density at radius 3 is 2.92 bits per heavy atom. The summed E-state index contributed by atoms with van der Waals surface area (Å²) >= 11 is 7.82. The van der Waals surface area contributed by atoms with Crippen LogP contribution < -0.4 is 5.56 Å². The zero-order valence-electron chi connectivity index (χ0n) is 19.3. The van der Waals surface area contributed by atoms with Crippen molar-refractivity contribution in [1.29, 1.82) is 0 Å². The highest BCUT2D eigenvalue weighted by Gasteiger charge is 2.28. The van der Waals surface area contributed by atoms with Gasteiger partial charge in [0.1, 0.15) is 12.2 Å². The lowest BCUT2D eigenvalue weighted by Crippen LogP contribution is -2.23. The van der Waals surface area contributed by atoms with Gasteiger partial charge in [-0.1, -0.05) is 11.6 Å². The van der Waals surface area contributed by atoms with Gasteiger partial charge in [-0.2, -0.15) is 4.68 Å². The Bertz CT molecular complexity index is 1670. The summed E-state index contributed by atoms with van der Waals surface area (Å²) in [6.07, 6.45) is 5.33. The maximum atomic E-state index is 13.4. The number of pyridine rings is 1. The molecule has 5 aromatic rings. The van der Waals surface area contributed by atoms with Crippen LogP contribution in [0.5, 0.6) is 0 Å². The standard InChI is InChI=1S/C25H20ClN7O3S/c26-16-1-4-21(32-13-28-30-31-32)19(10-16)14-7-17-2-5-22(33(17)23(34)9-14)25-27-11-20(29-25)15-8-18(37-12-15)3-6-24(35)36/h1,4,7-13,22H,2-3,5-6H2,(H,27,29)(H,35,36)/t22-/m0/s1. The lowest BCUT2D eigenvalue weighted by atomic mass is 10.0. The number of hydrogen-bond acceptors (Lipinski definition) is 7. The van der Waals surface area contributed by atoms with Gasteiger partial charge in [-0.15, -0.1) is 16.4 Å². The van der Waals surface area contributed by atoms with Crippen molar-refractivity contribution in [2.24, 2.45) is 0 Å². The number of imidazole rings is 1. The second-order valence-electron chi connectivity index (χ2n) is 8.79. The summed E-state index contributed by atoms with van der Waals surface area (Å²) in [5.41, 5.74) is 4.83. The minimum absolute atomic E-state index is 0.102. The lowest BCUT2D eigenvalue weighted by Gasteiger charge is -2.15. The molecule has 0 bridgehead atoms. The van der Waals surface area contributed by atoms with E-state index in [-0.39, 0.29) is 18.0 Å². The summed E-state index contributed by atoms with van der Waals surface area (Å²) in [7, 11) is 0. The van der Waals surface area contributed by atoms with Gasteiger partial charge < -0.3 is 14.7 Å². The molecule has 0 radical (unpaired) electrons. The number of nitrogens with zero attached hydrogens (tertiary/aromatic N) is 6. The molecule has 0 aliphatic carbocycles. The van der Waals surface area contributed by atoms with Crippen molar-refractivity contribution < 1.29 is 9.90 Å². The quantitative estimate of drug-likeness (QED) is 0.321. The summed E-state index contributed by atoms with van der Waals surface area (Å²) < 4.78 is 3.33. The van der Waals surface area contributed by atoms with Crippen molar-refractivity contribution in [2.45, 2.75) is 31.7 Å². The minimum Gasteiger partial charge on any atom is -0.481 e. The van der Waals surface area contributed by atoms with Gasteiger partial charge >= 0.3 is 5.97 Å². The third kappa shape index (κ3) is 4.47. The fourth-order valence-electron chi connectivity index (χ4n) is 4.76. The van der Waals surface area contributed by atoms with Gasteiger partial charge in [-0.05, 0) is 65.6 Å². The molecular weight excluding hydrogens is 514 g/mol. The first-order valence-corrected chi connectivity index (χ1v) is 12.9. The van der Waals surface area contributed by atoms with Crippen molar-refractivity contribution >= 4 is 28.9 Å². The Balaban J connectivity index is 1.31. The molecule has 10 nitrogen and oxygen atoms in total. The number of halogens is 1. The Morgan fingerprint density at radius 1 is 1.22 bits per heavy atom. The fourth-order valence-corrected chi connectivity index (χ4v) is 5.82. The average molecular weight is 534 g/mol. The molecule has 0 saturated heterocycles. The predicted molar refractivity (Wildman–Crippen MR) is 138 cm³/mol. The van der Waals surface area contributed by atoms with Gasteiger partial charge in [0, 0.05) is 38.2 Å². The number of tetrazole rings is 1. The molecule has 0 unspecified atom stereocenters. The minimum atomic E-state index is -0.811. The molecule has 1 aliphatic heterocycles. The Kier molecular flexibility index (Phi) is 5.93. The second kappa shape index (κ2) is 9.41. The number of carboxylic acid groups (broad SMARTS) is 1. The van der Waals surface area contributed by atoms with E-state index in [2.05, 4.69) is 25.5 Å². The molecule has 6 rings (SSSR count). The fraction of sp³-hybridized carbons (Fsp3) is 0.200. The van der Waals surface area contributed by atoms with Crippen LogP contribution in [-0.4, -0.2) is 45.8 Å². The SMILES string of the molecule is O=C(O)CCc1cc(-c2cnc([C@@H]3CCc4cc(-c5cc(Cl)ccc5-n5cnnn5)cc(=O)n43)[nH]2)cs1. The van der Waals surface area contributed by atoms with Crippen LogP contribution >= 0.6 is 22.9 Å². The van der Waals surface area contributed by atoms with Gasteiger partial charge in [-0.3, -0.25) is 9.59 Å². The first-order chi connectivity index (χ1) is 18.0. The van der Waals surface area contributed by atoms with E-state index in [9.17, 15) is 9.59 Å². The molecule has 1 aromatic carbocycles. The maximum Gasteiger partial charge on any atom is 0.303 e. The van der Waals surface area contributed by atoms with E-state index >= 15 is 0 Å². The summed E-state index contributed by atoms with van der Waals surface area (Å²) in [5.74, 6) is -0.0896. The largest absolute Gasteiger partial charge is 0.481 e. The van der Waals surface area contributed by atoms with Crippen LogP contribution in [-0.2, 0) is 17.6 Å². The Labute approximate surface area is 219 Å². The van der Waals surface area contributed by atoms with Gasteiger partial charge in [0.25, 0.3) is 5.56 Å². The zero-order valence-corrected chi connectivity index (χ0v) is 20.9. The van der Waals surface area contributed by atoms with Crippen molar-refractivity contribution in [3.8, 4) is 28.1 Å². The number of carbonyl (C=O) groups is 1. The van der Waals surface area contributed by atoms with E-state index in [1.807, 2.05) is 23.6 Å². The van der Waals surface area contributed by atoms with E-state index in [1.54, 1.807) is 33.6 Å². The van der Waals surface area contributed by atoms with Gasteiger partial charge in [0.15, 0.2) is 0 Å². The average Bonchev–Trinajstić information content (AvgIpc) is 3.68. The molecule has 1 atom stereocenters. The summed E-state index contributed by atoms with van der Waals surface area (Å²) in [5, 5.41) is 22.9. The molecule has 186 valence electrons. The summed E-state index contributed by atoms with van der Waals surface area (Å²) in [4.78, 5) is 33.2. The van der Waals surface area contributed by atoms with Crippen LogP contribution in [0.4, 0.5) is 0 Å². The smallest absolute Gasteiger partial charge is 0.303 e. The van der Waals surface area contributed by atoms with Crippen LogP contribution in [0.1, 0.15) is 35.3 Å². The predicted octanol–water partition coefficient (Wildman–Crippen LogP) is 4.15. The van der Waals surface area contributed by atoms with E-state index < -0.39 is 5.97 Å². The third-order valence-electron chi connectivity index (χ3n) is 6.46.